The van der Waals surface area contributed by atoms with Crippen molar-refractivity contribution in [3.05, 3.63) is 16.6 Å². The van der Waals surface area contributed by atoms with Crippen molar-refractivity contribution in [3.63, 3.8) is 0 Å². The zero-order valence-corrected chi connectivity index (χ0v) is 12.2. The number of carbonyl (C=O) groups is 1. The molecule has 2 fully saturated rings. The zero-order chi connectivity index (χ0) is 13.1. The van der Waals surface area contributed by atoms with Gasteiger partial charge in [-0.3, -0.25) is 14.7 Å². The normalized spacial score (nSPS) is 29.6. The summed E-state index contributed by atoms with van der Waals surface area (Å²) >= 11 is 1.73. The summed E-state index contributed by atoms with van der Waals surface area (Å²) < 4.78 is 0. The molecule has 1 saturated carbocycles. The van der Waals surface area contributed by atoms with Crippen LogP contribution in [0.15, 0.2) is 11.7 Å². The molecule has 0 aromatic carbocycles. The standard InChI is InChI=1S/C15H22N2OS/c18-15-7-2-1-5-13(15)14-6-3-4-8-17(14)10-12-9-16-11-19-12/h9,11,13-14H,1-8,10H2. The number of carbonyl (C=O) groups excluding carboxylic acids is 1. The topological polar surface area (TPSA) is 33.2 Å². The van der Waals surface area contributed by atoms with E-state index in [1.807, 2.05) is 11.7 Å². The van der Waals surface area contributed by atoms with E-state index in [2.05, 4.69) is 9.88 Å². The Labute approximate surface area is 119 Å². The average Bonchev–Trinajstić information content (AvgIpc) is 2.93. The smallest absolute Gasteiger partial charge is 0.137 e. The lowest BCUT2D eigenvalue weighted by Gasteiger charge is -2.40. The number of rotatable bonds is 3. The maximum atomic E-state index is 12.2. The van der Waals surface area contributed by atoms with Crippen molar-refractivity contribution in [2.45, 2.75) is 57.5 Å². The van der Waals surface area contributed by atoms with Crippen LogP contribution >= 0.6 is 11.3 Å². The molecular formula is C15H22N2OS. The molecule has 1 aromatic rings. The number of hydrogen-bond donors (Lipinski definition) is 0. The highest BCUT2D eigenvalue weighted by Gasteiger charge is 2.35. The van der Waals surface area contributed by atoms with E-state index in [-0.39, 0.29) is 0 Å². The first-order chi connectivity index (χ1) is 9.34. The van der Waals surface area contributed by atoms with Crippen LogP contribution in [0.4, 0.5) is 0 Å². The van der Waals surface area contributed by atoms with E-state index in [0.29, 0.717) is 17.7 Å². The highest BCUT2D eigenvalue weighted by atomic mass is 32.1. The first-order valence-corrected chi connectivity index (χ1v) is 8.36. The zero-order valence-electron chi connectivity index (χ0n) is 11.4. The van der Waals surface area contributed by atoms with Crippen molar-refractivity contribution in [2.24, 2.45) is 5.92 Å². The van der Waals surface area contributed by atoms with Gasteiger partial charge in [0.2, 0.25) is 0 Å². The molecule has 0 bridgehead atoms. The van der Waals surface area contributed by atoms with Gasteiger partial charge in [-0.2, -0.15) is 0 Å². The number of thiazole rings is 1. The number of aromatic nitrogens is 1. The van der Waals surface area contributed by atoms with Gasteiger partial charge in [-0.05, 0) is 32.2 Å². The van der Waals surface area contributed by atoms with Crippen molar-refractivity contribution >= 4 is 17.1 Å². The van der Waals surface area contributed by atoms with E-state index in [1.165, 1.54) is 30.6 Å². The Morgan fingerprint density at radius 3 is 2.95 bits per heavy atom. The van der Waals surface area contributed by atoms with Gasteiger partial charge in [0.25, 0.3) is 0 Å². The van der Waals surface area contributed by atoms with Gasteiger partial charge in [0, 0.05) is 36.0 Å². The van der Waals surface area contributed by atoms with Gasteiger partial charge in [0.1, 0.15) is 5.78 Å². The molecule has 0 spiro atoms. The lowest BCUT2D eigenvalue weighted by Crippen LogP contribution is -2.46. The average molecular weight is 278 g/mol. The third kappa shape index (κ3) is 3.06. The molecule has 2 heterocycles. The number of nitrogens with zero attached hydrogens (tertiary/aromatic N) is 2. The van der Waals surface area contributed by atoms with Crippen molar-refractivity contribution in [2.75, 3.05) is 6.54 Å². The van der Waals surface area contributed by atoms with E-state index in [4.69, 9.17) is 0 Å². The molecule has 0 amide bonds. The fraction of sp³-hybridized carbons (Fsp3) is 0.733. The SMILES string of the molecule is O=C1CCCCC1C1CCCCN1Cc1cncs1. The second-order valence-corrected chi connectivity index (χ2v) is 6.79. The third-order valence-electron chi connectivity index (χ3n) is 4.57. The molecule has 2 atom stereocenters. The van der Waals surface area contributed by atoms with Crippen LogP contribution < -0.4 is 0 Å². The van der Waals surface area contributed by atoms with Crippen LogP contribution in [-0.4, -0.2) is 28.3 Å². The summed E-state index contributed by atoms with van der Waals surface area (Å²) in [6.07, 6.45) is 10.0. The molecule has 1 aliphatic heterocycles. The fourth-order valence-electron chi connectivity index (χ4n) is 3.61. The molecule has 2 unspecified atom stereocenters. The van der Waals surface area contributed by atoms with Crippen LogP contribution in [0, 0.1) is 5.92 Å². The quantitative estimate of drug-likeness (QED) is 0.851. The number of likely N-dealkylation sites (tertiary alicyclic amines) is 1. The largest absolute Gasteiger partial charge is 0.299 e. The maximum Gasteiger partial charge on any atom is 0.137 e. The highest BCUT2D eigenvalue weighted by molar-refractivity contribution is 7.09. The minimum Gasteiger partial charge on any atom is -0.299 e. The molecule has 104 valence electrons. The molecular weight excluding hydrogens is 256 g/mol. The predicted molar refractivity (Wildman–Crippen MR) is 77.1 cm³/mol. The Morgan fingerprint density at radius 1 is 1.26 bits per heavy atom. The van der Waals surface area contributed by atoms with E-state index in [1.54, 1.807) is 11.3 Å². The molecule has 1 aliphatic carbocycles. The molecule has 2 aliphatic rings. The fourth-order valence-corrected chi connectivity index (χ4v) is 4.23. The summed E-state index contributed by atoms with van der Waals surface area (Å²) in [5.74, 6) is 0.828. The van der Waals surface area contributed by atoms with Crippen molar-refractivity contribution < 1.29 is 4.79 Å². The van der Waals surface area contributed by atoms with Crippen LogP contribution in [0.25, 0.3) is 0 Å². The second kappa shape index (κ2) is 6.14. The Hall–Kier alpha value is -0.740. The van der Waals surface area contributed by atoms with Gasteiger partial charge in [-0.1, -0.05) is 12.8 Å². The first kappa shape index (κ1) is 13.3. The second-order valence-electron chi connectivity index (χ2n) is 5.82. The lowest BCUT2D eigenvalue weighted by atomic mass is 9.79. The monoisotopic (exact) mass is 278 g/mol. The summed E-state index contributed by atoms with van der Waals surface area (Å²) in [6, 6.07) is 0.489. The van der Waals surface area contributed by atoms with E-state index in [9.17, 15) is 4.79 Å². The number of Topliss-reactive ketones (excluding diaryl/α,β-unsaturated/α-hetero) is 1. The van der Waals surface area contributed by atoms with Crippen LogP contribution in [0.1, 0.15) is 49.8 Å². The summed E-state index contributed by atoms with van der Waals surface area (Å²) in [6.45, 7) is 2.13. The van der Waals surface area contributed by atoms with Crippen LogP contribution in [0.2, 0.25) is 0 Å². The predicted octanol–water partition coefficient (Wildman–Crippen LogP) is 3.26. The highest BCUT2D eigenvalue weighted by Crippen LogP contribution is 2.32. The molecule has 1 aromatic heterocycles. The van der Waals surface area contributed by atoms with Gasteiger partial charge in [-0.25, -0.2) is 0 Å². The third-order valence-corrected chi connectivity index (χ3v) is 5.34. The molecule has 3 rings (SSSR count). The summed E-state index contributed by atoms with van der Waals surface area (Å²) in [7, 11) is 0. The summed E-state index contributed by atoms with van der Waals surface area (Å²) in [5, 5.41) is 0. The van der Waals surface area contributed by atoms with Crippen molar-refractivity contribution in [3.8, 4) is 0 Å². The molecule has 1 saturated heterocycles. The molecule has 0 radical (unpaired) electrons. The molecule has 3 nitrogen and oxygen atoms in total. The Morgan fingerprint density at radius 2 is 2.16 bits per heavy atom. The van der Waals surface area contributed by atoms with Gasteiger partial charge >= 0.3 is 0 Å². The number of ketones is 1. The van der Waals surface area contributed by atoms with E-state index >= 15 is 0 Å². The van der Waals surface area contributed by atoms with Crippen LogP contribution in [-0.2, 0) is 11.3 Å². The maximum absolute atomic E-state index is 12.2. The number of piperidine rings is 1. The van der Waals surface area contributed by atoms with E-state index < -0.39 is 0 Å². The number of hydrogen-bond acceptors (Lipinski definition) is 4. The van der Waals surface area contributed by atoms with Crippen molar-refractivity contribution in [1.82, 2.24) is 9.88 Å². The van der Waals surface area contributed by atoms with Gasteiger partial charge in [0.05, 0.1) is 5.51 Å². The van der Waals surface area contributed by atoms with Gasteiger partial charge < -0.3 is 0 Å². The molecule has 0 N–H and O–H groups in total. The first-order valence-electron chi connectivity index (χ1n) is 7.49. The van der Waals surface area contributed by atoms with Crippen LogP contribution in [0.5, 0.6) is 0 Å². The summed E-state index contributed by atoms with van der Waals surface area (Å²) in [5.41, 5.74) is 1.90. The lowest BCUT2D eigenvalue weighted by molar-refractivity contribution is -0.127. The van der Waals surface area contributed by atoms with Crippen LogP contribution in [0.3, 0.4) is 0 Å². The molecule has 4 heteroatoms. The summed E-state index contributed by atoms with van der Waals surface area (Å²) in [4.78, 5) is 20.2. The van der Waals surface area contributed by atoms with Crippen molar-refractivity contribution in [1.29, 1.82) is 0 Å². The Balaban J connectivity index is 1.71. The van der Waals surface area contributed by atoms with Gasteiger partial charge in [-0.15, -0.1) is 11.3 Å². The van der Waals surface area contributed by atoms with Gasteiger partial charge in [0.15, 0.2) is 0 Å². The minimum atomic E-state index is 0.307. The Bertz CT molecular complexity index is 418. The minimum absolute atomic E-state index is 0.307. The Kier molecular flexibility index (Phi) is 4.28. The molecule has 19 heavy (non-hydrogen) atoms. The van der Waals surface area contributed by atoms with E-state index in [0.717, 1.165) is 32.4 Å².